The lowest BCUT2D eigenvalue weighted by atomic mass is 10.1. The molecule has 7 nitrogen and oxygen atoms in total. The van der Waals surface area contributed by atoms with Gasteiger partial charge in [-0.1, -0.05) is 18.2 Å². The molecule has 0 amide bonds. The highest BCUT2D eigenvalue weighted by Gasteiger charge is 2.17. The number of rotatable bonds is 5. The number of nitrogens with one attached hydrogen (secondary N) is 2. The molecule has 0 aliphatic heterocycles. The molecule has 0 aliphatic carbocycles. The fourth-order valence-corrected chi connectivity index (χ4v) is 2.77. The Hall–Kier alpha value is -2.45. The highest BCUT2D eigenvalue weighted by molar-refractivity contribution is 6.13. The number of nitrogens with two attached hydrogens (primary N) is 1. The summed E-state index contributed by atoms with van der Waals surface area (Å²) in [5.41, 5.74) is 8.97. The van der Waals surface area contributed by atoms with E-state index in [-0.39, 0.29) is 5.69 Å². The molecular weight excluding hydrogens is 306 g/mol. The lowest BCUT2D eigenvalue weighted by Gasteiger charge is -2.18. The first-order chi connectivity index (χ1) is 11.5. The normalized spacial score (nSPS) is 12.9. The molecule has 1 atom stereocenters. The van der Waals surface area contributed by atoms with Crippen LogP contribution >= 0.6 is 0 Å². The number of para-hydroxylation sites is 1. The van der Waals surface area contributed by atoms with Crippen molar-refractivity contribution in [3.63, 3.8) is 0 Å². The molecule has 5 N–H and O–H groups in total. The highest BCUT2D eigenvalue weighted by Crippen LogP contribution is 2.35. The summed E-state index contributed by atoms with van der Waals surface area (Å²) in [5, 5.41) is 24.9. The molecule has 0 aliphatic rings. The van der Waals surface area contributed by atoms with Crippen LogP contribution < -0.4 is 16.3 Å². The molecule has 1 unspecified atom stereocenters. The Balaban J connectivity index is 2.22. The summed E-state index contributed by atoms with van der Waals surface area (Å²) in [6, 6.07) is 10.8. The van der Waals surface area contributed by atoms with Gasteiger partial charge in [0.05, 0.1) is 16.6 Å². The van der Waals surface area contributed by atoms with Crippen LogP contribution in [0, 0.1) is 5.21 Å². The van der Waals surface area contributed by atoms with Crippen molar-refractivity contribution in [2.24, 2.45) is 0 Å². The van der Waals surface area contributed by atoms with E-state index in [2.05, 4.69) is 15.2 Å². The number of nitrogen functional groups attached to an aromatic ring is 1. The SMILES string of the molecule is CN(C)CCNc1ccc([NH+]([O-])O)c2nc3ccccc3c(N)c12. The van der Waals surface area contributed by atoms with Crippen molar-refractivity contribution in [3.8, 4) is 0 Å². The van der Waals surface area contributed by atoms with Crippen LogP contribution in [-0.4, -0.2) is 42.3 Å². The average molecular weight is 327 g/mol. The Labute approximate surface area is 139 Å². The third-order valence-corrected chi connectivity index (χ3v) is 3.98. The quantitative estimate of drug-likeness (QED) is 0.417. The monoisotopic (exact) mass is 327 g/mol. The fraction of sp³-hybridized carbons (Fsp3) is 0.235. The van der Waals surface area contributed by atoms with Crippen LogP contribution in [0.5, 0.6) is 0 Å². The second-order valence-corrected chi connectivity index (χ2v) is 5.96. The molecule has 1 heterocycles. The molecule has 126 valence electrons. The molecule has 7 heteroatoms. The van der Waals surface area contributed by atoms with Gasteiger partial charge in [-0.05, 0) is 26.2 Å². The first-order valence-electron chi connectivity index (χ1n) is 7.72. The standard InChI is InChI=1S/C17H21N5O2/c1-21(2)10-9-19-13-7-8-14(22(23)24)17-15(13)16(18)11-5-3-4-6-12(11)20-17/h3-8,19,22-23H,9-10H2,1-2H3,(H2,18,20). The smallest absolute Gasteiger partial charge is 0.190 e. The van der Waals surface area contributed by atoms with E-state index in [1.807, 2.05) is 38.4 Å². The number of quaternary nitrogens is 1. The number of fused-ring (bicyclic) bond motifs is 2. The number of aromatic nitrogens is 1. The Morgan fingerprint density at radius 2 is 2.00 bits per heavy atom. The molecular formula is C17H21N5O2. The third-order valence-electron chi connectivity index (χ3n) is 3.98. The van der Waals surface area contributed by atoms with E-state index < -0.39 is 5.23 Å². The van der Waals surface area contributed by atoms with Gasteiger partial charge >= 0.3 is 0 Å². The molecule has 2 aromatic carbocycles. The van der Waals surface area contributed by atoms with Crippen LogP contribution in [0.25, 0.3) is 21.8 Å². The van der Waals surface area contributed by atoms with Crippen LogP contribution in [0.4, 0.5) is 17.1 Å². The van der Waals surface area contributed by atoms with Gasteiger partial charge in [-0.2, -0.15) is 5.23 Å². The van der Waals surface area contributed by atoms with Gasteiger partial charge in [0.25, 0.3) is 0 Å². The second kappa shape index (κ2) is 6.58. The molecule has 0 saturated carbocycles. The van der Waals surface area contributed by atoms with Gasteiger partial charge in [-0.15, -0.1) is 0 Å². The number of likely N-dealkylation sites (N-methyl/N-ethyl adjacent to an activating group) is 1. The van der Waals surface area contributed by atoms with Crippen LogP contribution in [0.1, 0.15) is 0 Å². The predicted molar refractivity (Wildman–Crippen MR) is 96.5 cm³/mol. The lowest BCUT2D eigenvalue weighted by molar-refractivity contribution is -0.990. The van der Waals surface area contributed by atoms with Gasteiger partial charge in [-0.3, -0.25) is 0 Å². The molecule has 0 bridgehead atoms. The van der Waals surface area contributed by atoms with Crippen LogP contribution in [0.15, 0.2) is 36.4 Å². The zero-order valence-electron chi connectivity index (χ0n) is 13.7. The minimum atomic E-state index is -1.01. The van der Waals surface area contributed by atoms with E-state index in [1.54, 1.807) is 12.1 Å². The van der Waals surface area contributed by atoms with Crippen molar-refractivity contribution < 1.29 is 10.4 Å². The van der Waals surface area contributed by atoms with Gasteiger partial charge in [0, 0.05) is 30.2 Å². The maximum Gasteiger partial charge on any atom is 0.190 e. The van der Waals surface area contributed by atoms with Gasteiger partial charge in [0.1, 0.15) is 5.52 Å². The van der Waals surface area contributed by atoms with E-state index >= 15 is 0 Å². The van der Waals surface area contributed by atoms with Crippen molar-refractivity contribution >= 4 is 38.9 Å². The maximum atomic E-state index is 11.6. The topological polar surface area (TPSA) is 102 Å². The molecule has 24 heavy (non-hydrogen) atoms. The second-order valence-electron chi connectivity index (χ2n) is 5.96. The summed E-state index contributed by atoms with van der Waals surface area (Å²) in [7, 11) is 3.99. The Morgan fingerprint density at radius 3 is 2.71 bits per heavy atom. The van der Waals surface area contributed by atoms with E-state index in [1.165, 1.54) is 0 Å². The summed E-state index contributed by atoms with van der Waals surface area (Å²) in [4.78, 5) is 6.62. The van der Waals surface area contributed by atoms with Gasteiger partial charge in [0.2, 0.25) is 0 Å². The van der Waals surface area contributed by atoms with Gasteiger partial charge in [-0.25, -0.2) is 10.2 Å². The summed E-state index contributed by atoms with van der Waals surface area (Å²) in [5.74, 6) is 0. The average Bonchev–Trinajstić information content (AvgIpc) is 2.54. The summed E-state index contributed by atoms with van der Waals surface area (Å²) in [6.45, 7) is 1.57. The Morgan fingerprint density at radius 1 is 1.25 bits per heavy atom. The fourth-order valence-electron chi connectivity index (χ4n) is 2.77. The van der Waals surface area contributed by atoms with Gasteiger partial charge in [0.15, 0.2) is 5.69 Å². The zero-order valence-corrected chi connectivity index (χ0v) is 13.7. The number of nitrogens with zero attached hydrogens (tertiary/aromatic N) is 2. The first-order valence-corrected chi connectivity index (χ1v) is 7.72. The minimum absolute atomic E-state index is 0.153. The molecule has 0 fully saturated rings. The Kier molecular flexibility index (Phi) is 4.50. The maximum absolute atomic E-state index is 11.6. The van der Waals surface area contributed by atoms with Crippen LogP contribution in [0.2, 0.25) is 0 Å². The minimum Gasteiger partial charge on any atom is -0.595 e. The van der Waals surface area contributed by atoms with Crippen molar-refractivity contribution in [2.45, 2.75) is 0 Å². The molecule has 1 aromatic heterocycles. The third kappa shape index (κ3) is 2.98. The lowest BCUT2D eigenvalue weighted by Crippen LogP contribution is -2.99. The number of anilines is 2. The predicted octanol–water partition coefficient (Wildman–Crippen LogP) is 1.35. The molecule has 0 saturated heterocycles. The first kappa shape index (κ1) is 16.4. The Bertz CT molecular complexity index is 880. The number of pyridine rings is 1. The zero-order chi connectivity index (χ0) is 17.3. The largest absolute Gasteiger partial charge is 0.595 e. The van der Waals surface area contributed by atoms with Gasteiger partial charge < -0.3 is 21.2 Å². The summed E-state index contributed by atoms with van der Waals surface area (Å²) < 4.78 is 0. The van der Waals surface area contributed by atoms with Crippen molar-refractivity contribution in [3.05, 3.63) is 41.6 Å². The van der Waals surface area contributed by atoms with Crippen molar-refractivity contribution in [1.29, 1.82) is 0 Å². The van der Waals surface area contributed by atoms with E-state index in [9.17, 15) is 10.4 Å². The van der Waals surface area contributed by atoms with E-state index in [0.29, 0.717) is 22.1 Å². The molecule has 0 radical (unpaired) electrons. The van der Waals surface area contributed by atoms with E-state index in [4.69, 9.17) is 5.73 Å². The van der Waals surface area contributed by atoms with Crippen molar-refractivity contribution in [2.75, 3.05) is 38.2 Å². The molecule has 3 aromatic rings. The van der Waals surface area contributed by atoms with Crippen molar-refractivity contribution in [1.82, 2.24) is 9.88 Å². The van der Waals surface area contributed by atoms with Crippen LogP contribution in [0.3, 0.4) is 0 Å². The van der Waals surface area contributed by atoms with E-state index in [0.717, 1.165) is 24.2 Å². The molecule has 0 spiro atoms. The highest BCUT2D eigenvalue weighted by atomic mass is 16.8. The van der Waals surface area contributed by atoms with Crippen LogP contribution in [-0.2, 0) is 0 Å². The summed E-state index contributed by atoms with van der Waals surface area (Å²) >= 11 is 0. The number of hydrogen-bond donors (Lipinski definition) is 4. The number of hydrogen-bond acceptors (Lipinski definition) is 6. The number of benzene rings is 2. The molecule has 3 rings (SSSR count). The summed E-state index contributed by atoms with van der Waals surface area (Å²) in [6.07, 6.45) is 0.